The molecule has 1 saturated carbocycles. The number of aryl methyl sites for hydroxylation is 1. The van der Waals surface area contributed by atoms with E-state index in [0.29, 0.717) is 6.04 Å². The van der Waals surface area contributed by atoms with Gasteiger partial charge in [-0.3, -0.25) is 0 Å². The fourth-order valence-electron chi connectivity index (χ4n) is 2.03. The molecule has 0 aromatic heterocycles. The van der Waals surface area contributed by atoms with E-state index in [2.05, 4.69) is 11.4 Å². The normalized spacial score (nSPS) is 15.4. The van der Waals surface area contributed by atoms with E-state index in [1.807, 2.05) is 19.1 Å². The lowest BCUT2D eigenvalue weighted by molar-refractivity contribution is 0.335. The highest BCUT2D eigenvalue weighted by Gasteiger charge is 2.21. The van der Waals surface area contributed by atoms with E-state index < -0.39 is 9.84 Å². The molecule has 0 spiro atoms. The molecule has 1 aromatic rings. The molecule has 0 saturated heterocycles. The Bertz CT molecular complexity index is 577. The first-order chi connectivity index (χ1) is 9.88. The molecule has 5 heteroatoms. The van der Waals surface area contributed by atoms with Crippen LogP contribution in [-0.2, 0) is 16.4 Å². The first-order valence-electron chi connectivity index (χ1n) is 7.56. The number of hydrogen-bond donors (Lipinski definition) is 1. The standard InChI is InChI=1S/C16H25NO3S/c1-12(2)21(18,19)9-8-20-16-7-4-13(3)10-14(16)11-17-15-5-6-15/h4,7,10,12,15,17H,5-6,8-9,11H2,1-3H3. The second-order valence-electron chi connectivity index (χ2n) is 6.03. The molecule has 1 aliphatic rings. The predicted octanol–water partition coefficient (Wildman–Crippen LogP) is 2.45. The van der Waals surface area contributed by atoms with Crippen LogP contribution in [0.3, 0.4) is 0 Å². The number of benzene rings is 1. The van der Waals surface area contributed by atoms with Gasteiger partial charge in [0.25, 0.3) is 0 Å². The molecule has 21 heavy (non-hydrogen) atoms. The van der Waals surface area contributed by atoms with Crippen molar-refractivity contribution in [3.8, 4) is 5.75 Å². The summed E-state index contributed by atoms with van der Waals surface area (Å²) in [6, 6.07) is 6.66. The molecule has 0 heterocycles. The van der Waals surface area contributed by atoms with Crippen LogP contribution in [0.2, 0.25) is 0 Å². The van der Waals surface area contributed by atoms with Gasteiger partial charge < -0.3 is 10.1 Å². The zero-order chi connectivity index (χ0) is 15.5. The van der Waals surface area contributed by atoms with E-state index in [-0.39, 0.29) is 17.6 Å². The molecule has 0 radical (unpaired) electrons. The Labute approximate surface area is 127 Å². The molecular weight excluding hydrogens is 286 g/mol. The Kier molecular flexibility index (Phi) is 5.27. The fraction of sp³-hybridized carbons (Fsp3) is 0.625. The van der Waals surface area contributed by atoms with Gasteiger partial charge in [0.2, 0.25) is 0 Å². The SMILES string of the molecule is Cc1ccc(OCCS(=O)(=O)C(C)C)c(CNC2CC2)c1. The Hall–Kier alpha value is -1.07. The van der Waals surface area contributed by atoms with Crippen LogP contribution in [0.15, 0.2) is 18.2 Å². The smallest absolute Gasteiger partial charge is 0.155 e. The van der Waals surface area contributed by atoms with Crippen LogP contribution in [0, 0.1) is 6.92 Å². The lowest BCUT2D eigenvalue weighted by Gasteiger charge is -2.14. The van der Waals surface area contributed by atoms with Crippen LogP contribution in [-0.4, -0.2) is 32.1 Å². The Morgan fingerprint density at radius 1 is 1.33 bits per heavy atom. The van der Waals surface area contributed by atoms with E-state index >= 15 is 0 Å². The van der Waals surface area contributed by atoms with Crippen LogP contribution in [0.1, 0.15) is 37.8 Å². The number of rotatable bonds is 8. The number of hydrogen-bond acceptors (Lipinski definition) is 4. The molecule has 1 aromatic carbocycles. The fourth-order valence-corrected chi connectivity index (χ4v) is 2.82. The second-order valence-corrected chi connectivity index (χ2v) is 8.71. The third kappa shape index (κ3) is 5.00. The minimum absolute atomic E-state index is 0.0635. The van der Waals surface area contributed by atoms with E-state index in [1.54, 1.807) is 13.8 Å². The van der Waals surface area contributed by atoms with Gasteiger partial charge in [0, 0.05) is 18.2 Å². The van der Waals surface area contributed by atoms with Crippen molar-refractivity contribution < 1.29 is 13.2 Å². The van der Waals surface area contributed by atoms with Gasteiger partial charge >= 0.3 is 0 Å². The van der Waals surface area contributed by atoms with Crippen molar-refractivity contribution in [3.05, 3.63) is 29.3 Å². The number of ether oxygens (including phenoxy) is 1. The topological polar surface area (TPSA) is 55.4 Å². The predicted molar refractivity (Wildman–Crippen MR) is 85.5 cm³/mol. The highest BCUT2D eigenvalue weighted by atomic mass is 32.2. The summed E-state index contributed by atoms with van der Waals surface area (Å²) < 4.78 is 29.3. The van der Waals surface area contributed by atoms with Crippen LogP contribution in [0.25, 0.3) is 0 Å². The summed E-state index contributed by atoms with van der Waals surface area (Å²) in [5.74, 6) is 0.848. The third-order valence-corrected chi connectivity index (χ3v) is 5.89. The minimum Gasteiger partial charge on any atom is -0.492 e. The molecule has 0 aliphatic heterocycles. The average molecular weight is 311 g/mol. The first-order valence-corrected chi connectivity index (χ1v) is 9.27. The van der Waals surface area contributed by atoms with E-state index in [1.165, 1.54) is 18.4 Å². The zero-order valence-corrected chi connectivity index (χ0v) is 13.9. The Morgan fingerprint density at radius 3 is 2.67 bits per heavy atom. The molecule has 2 rings (SSSR count). The molecule has 0 bridgehead atoms. The Morgan fingerprint density at radius 2 is 2.05 bits per heavy atom. The van der Waals surface area contributed by atoms with Crippen molar-refractivity contribution >= 4 is 9.84 Å². The van der Waals surface area contributed by atoms with Crippen molar-refractivity contribution in [1.82, 2.24) is 5.32 Å². The van der Waals surface area contributed by atoms with Crippen LogP contribution in [0.5, 0.6) is 5.75 Å². The molecule has 0 amide bonds. The molecular formula is C16H25NO3S. The summed E-state index contributed by atoms with van der Waals surface area (Å²) in [7, 11) is -3.05. The van der Waals surface area contributed by atoms with Crippen molar-refractivity contribution in [1.29, 1.82) is 0 Å². The van der Waals surface area contributed by atoms with Gasteiger partial charge in [-0.1, -0.05) is 17.7 Å². The molecule has 1 fully saturated rings. The van der Waals surface area contributed by atoms with Gasteiger partial charge in [0.15, 0.2) is 9.84 Å². The van der Waals surface area contributed by atoms with Crippen molar-refractivity contribution in [2.24, 2.45) is 0 Å². The Balaban J connectivity index is 1.95. The van der Waals surface area contributed by atoms with Gasteiger partial charge in [0.1, 0.15) is 12.4 Å². The summed E-state index contributed by atoms with van der Waals surface area (Å²) in [5, 5.41) is 3.12. The highest BCUT2D eigenvalue weighted by molar-refractivity contribution is 7.91. The molecule has 1 N–H and O–H groups in total. The van der Waals surface area contributed by atoms with E-state index in [0.717, 1.165) is 17.9 Å². The number of nitrogens with one attached hydrogen (secondary N) is 1. The summed E-state index contributed by atoms with van der Waals surface area (Å²) >= 11 is 0. The summed E-state index contributed by atoms with van der Waals surface area (Å²) in [6.07, 6.45) is 2.49. The largest absolute Gasteiger partial charge is 0.492 e. The van der Waals surface area contributed by atoms with E-state index in [4.69, 9.17) is 4.74 Å². The monoisotopic (exact) mass is 311 g/mol. The summed E-state index contributed by atoms with van der Waals surface area (Å²) in [4.78, 5) is 0. The maximum absolute atomic E-state index is 11.8. The maximum Gasteiger partial charge on any atom is 0.155 e. The van der Waals surface area contributed by atoms with Crippen molar-refractivity contribution in [3.63, 3.8) is 0 Å². The highest BCUT2D eigenvalue weighted by Crippen LogP contribution is 2.23. The van der Waals surface area contributed by atoms with Gasteiger partial charge in [-0.05, 0) is 39.7 Å². The lowest BCUT2D eigenvalue weighted by atomic mass is 10.1. The number of sulfone groups is 1. The summed E-state index contributed by atoms with van der Waals surface area (Å²) in [5.41, 5.74) is 2.29. The first kappa shape index (κ1) is 16.3. The van der Waals surface area contributed by atoms with Crippen molar-refractivity contribution in [2.75, 3.05) is 12.4 Å². The lowest BCUT2D eigenvalue weighted by Crippen LogP contribution is -2.22. The van der Waals surface area contributed by atoms with Crippen LogP contribution < -0.4 is 10.1 Å². The average Bonchev–Trinajstić information content (AvgIpc) is 3.22. The molecule has 0 unspecified atom stereocenters. The van der Waals surface area contributed by atoms with Crippen molar-refractivity contribution in [2.45, 2.75) is 51.4 Å². The van der Waals surface area contributed by atoms with Gasteiger partial charge in [-0.25, -0.2) is 8.42 Å². The second kappa shape index (κ2) is 6.79. The molecule has 118 valence electrons. The molecule has 1 aliphatic carbocycles. The van der Waals surface area contributed by atoms with Crippen LogP contribution >= 0.6 is 0 Å². The maximum atomic E-state index is 11.8. The quantitative estimate of drug-likeness (QED) is 0.801. The van der Waals surface area contributed by atoms with Gasteiger partial charge in [0.05, 0.1) is 11.0 Å². The van der Waals surface area contributed by atoms with Crippen LogP contribution in [0.4, 0.5) is 0 Å². The minimum atomic E-state index is -3.05. The van der Waals surface area contributed by atoms with E-state index in [9.17, 15) is 8.42 Å². The van der Waals surface area contributed by atoms with Gasteiger partial charge in [-0.2, -0.15) is 0 Å². The third-order valence-electron chi connectivity index (χ3n) is 3.72. The summed E-state index contributed by atoms with van der Waals surface area (Å²) in [6.45, 7) is 6.44. The zero-order valence-electron chi connectivity index (χ0n) is 13.1. The molecule has 0 atom stereocenters. The van der Waals surface area contributed by atoms with Gasteiger partial charge in [-0.15, -0.1) is 0 Å². The molecule has 4 nitrogen and oxygen atoms in total.